The van der Waals surface area contributed by atoms with E-state index in [1.54, 1.807) is 12.1 Å². The number of aromatic hydroxyl groups is 1. The van der Waals surface area contributed by atoms with Crippen molar-refractivity contribution in [3.05, 3.63) is 53.1 Å². The summed E-state index contributed by atoms with van der Waals surface area (Å²) in [7, 11) is 0. The average molecular weight is 282 g/mol. The number of hydrogen-bond acceptors (Lipinski definition) is 3. The summed E-state index contributed by atoms with van der Waals surface area (Å²) in [5.74, 6) is -0.114. The number of hydrogen-bond donors (Lipinski definition) is 3. The number of benzene rings is 2. The predicted molar refractivity (Wildman–Crippen MR) is 84.1 cm³/mol. The Kier molecular flexibility index (Phi) is 3.52. The summed E-state index contributed by atoms with van der Waals surface area (Å²) in [4.78, 5) is 12.3. The van der Waals surface area contributed by atoms with Crippen molar-refractivity contribution in [1.82, 2.24) is 0 Å². The van der Waals surface area contributed by atoms with Crippen LogP contribution in [0.15, 0.2) is 36.4 Å². The average Bonchev–Trinajstić information content (AvgIpc) is 2.96. The van der Waals surface area contributed by atoms with Gasteiger partial charge in [-0.1, -0.05) is 13.0 Å². The topological polar surface area (TPSA) is 61.4 Å². The fraction of sp³-hybridized carbons (Fsp3) is 0.235. The van der Waals surface area contributed by atoms with Crippen molar-refractivity contribution in [3.8, 4) is 5.75 Å². The lowest BCUT2D eigenvalue weighted by Gasteiger charge is -2.10. The maximum atomic E-state index is 12.3. The highest BCUT2D eigenvalue weighted by Gasteiger charge is 2.14. The van der Waals surface area contributed by atoms with Crippen LogP contribution in [0.2, 0.25) is 0 Å². The first-order chi connectivity index (χ1) is 10.2. The summed E-state index contributed by atoms with van der Waals surface area (Å²) in [6.07, 6.45) is 1.79. The fourth-order valence-electron chi connectivity index (χ4n) is 2.54. The number of anilines is 2. The second kappa shape index (κ2) is 5.48. The van der Waals surface area contributed by atoms with E-state index >= 15 is 0 Å². The van der Waals surface area contributed by atoms with E-state index in [9.17, 15) is 9.90 Å². The molecule has 0 saturated carbocycles. The molecule has 4 nitrogen and oxygen atoms in total. The van der Waals surface area contributed by atoms with Crippen molar-refractivity contribution < 1.29 is 9.90 Å². The van der Waals surface area contributed by atoms with Gasteiger partial charge in [-0.3, -0.25) is 4.79 Å². The molecule has 1 aliphatic rings. The van der Waals surface area contributed by atoms with Crippen LogP contribution in [0.3, 0.4) is 0 Å². The fourth-order valence-corrected chi connectivity index (χ4v) is 2.54. The number of nitrogens with one attached hydrogen (secondary N) is 2. The predicted octanol–water partition coefficient (Wildman–Crippen LogP) is 3.17. The molecule has 0 aliphatic carbocycles. The van der Waals surface area contributed by atoms with Gasteiger partial charge in [0, 0.05) is 17.8 Å². The monoisotopic (exact) mass is 282 g/mol. The molecular formula is C17H18N2O2. The third-order valence-electron chi connectivity index (χ3n) is 3.79. The summed E-state index contributed by atoms with van der Waals surface area (Å²) in [5.41, 5.74) is 4.40. The van der Waals surface area contributed by atoms with Gasteiger partial charge in [0.2, 0.25) is 0 Å². The second-order valence-corrected chi connectivity index (χ2v) is 5.21. The summed E-state index contributed by atoms with van der Waals surface area (Å²) in [6, 6.07) is 10.9. The van der Waals surface area contributed by atoms with Gasteiger partial charge < -0.3 is 15.7 Å². The quantitative estimate of drug-likeness (QED) is 0.758. The van der Waals surface area contributed by atoms with Crippen molar-refractivity contribution in [3.63, 3.8) is 0 Å². The molecule has 2 aromatic rings. The number of aryl methyl sites for hydroxylation is 1. The lowest BCUT2D eigenvalue weighted by atomic mass is 10.1. The molecule has 0 atom stereocenters. The summed E-state index contributed by atoms with van der Waals surface area (Å²) >= 11 is 0. The molecule has 0 radical (unpaired) electrons. The molecular weight excluding hydrogens is 264 g/mol. The maximum absolute atomic E-state index is 12.3. The molecule has 0 saturated heterocycles. The Morgan fingerprint density at radius 3 is 2.95 bits per heavy atom. The van der Waals surface area contributed by atoms with Crippen LogP contribution in [-0.4, -0.2) is 17.6 Å². The smallest absolute Gasteiger partial charge is 0.255 e. The number of fused-ring (bicyclic) bond motifs is 1. The minimum atomic E-state index is -0.201. The van der Waals surface area contributed by atoms with Crippen LogP contribution in [0.25, 0.3) is 0 Å². The first-order valence-corrected chi connectivity index (χ1v) is 7.17. The van der Waals surface area contributed by atoms with Crippen LogP contribution in [0.1, 0.15) is 28.4 Å². The van der Waals surface area contributed by atoms with Gasteiger partial charge in [-0.2, -0.15) is 0 Å². The molecule has 0 bridgehead atoms. The largest absolute Gasteiger partial charge is 0.506 e. The Hall–Kier alpha value is -2.49. The Balaban J connectivity index is 1.83. The molecule has 0 aromatic heterocycles. The van der Waals surface area contributed by atoms with E-state index in [1.165, 1.54) is 0 Å². The number of carbonyl (C=O) groups excluding carboxylic acids is 1. The van der Waals surface area contributed by atoms with Gasteiger partial charge in [0.1, 0.15) is 5.75 Å². The van der Waals surface area contributed by atoms with Gasteiger partial charge in [-0.25, -0.2) is 0 Å². The van der Waals surface area contributed by atoms with Gasteiger partial charge in [-0.15, -0.1) is 0 Å². The molecule has 4 heteroatoms. The third kappa shape index (κ3) is 2.70. The number of amides is 1. The number of rotatable bonds is 3. The van der Waals surface area contributed by atoms with Crippen LogP contribution in [0, 0.1) is 0 Å². The molecule has 1 amide bonds. The highest BCUT2D eigenvalue weighted by Crippen LogP contribution is 2.27. The Morgan fingerprint density at radius 2 is 2.14 bits per heavy atom. The normalized spacial score (nSPS) is 12.6. The minimum Gasteiger partial charge on any atom is -0.506 e. The van der Waals surface area contributed by atoms with E-state index in [1.807, 2.05) is 31.2 Å². The Morgan fingerprint density at radius 1 is 1.29 bits per heavy atom. The highest BCUT2D eigenvalue weighted by atomic mass is 16.3. The van der Waals surface area contributed by atoms with Crippen molar-refractivity contribution in [1.29, 1.82) is 0 Å². The van der Waals surface area contributed by atoms with Crippen molar-refractivity contribution in [2.75, 3.05) is 17.2 Å². The molecule has 108 valence electrons. The SMILES string of the molecule is CCc1ccc(O)c(NC(=O)c2ccc3c(c2)CCN3)c1. The number of phenols is 1. The minimum absolute atomic E-state index is 0.0865. The van der Waals surface area contributed by atoms with Crippen LogP contribution in [-0.2, 0) is 12.8 Å². The van der Waals surface area contributed by atoms with Crippen LogP contribution < -0.4 is 10.6 Å². The summed E-state index contributed by atoms with van der Waals surface area (Å²) in [6.45, 7) is 2.95. The summed E-state index contributed by atoms with van der Waals surface area (Å²) in [5, 5.41) is 15.9. The highest BCUT2D eigenvalue weighted by molar-refractivity contribution is 6.05. The zero-order valence-electron chi connectivity index (χ0n) is 11.9. The van der Waals surface area contributed by atoms with Crippen molar-refractivity contribution in [2.45, 2.75) is 19.8 Å². The standard InChI is InChI=1S/C17H18N2O2/c1-2-11-3-6-16(20)15(9-11)19-17(21)13-4-5-14-12(10-13)7-8-18-14/h3-6,9-10,18,20H,2,7-8H2,1H3,(H,19,21). The number of phenolic OH excluding ortho intramolecular Hbond substituents is 1. The lowest BCUT2D eigenvalue weighted by molar-refractivity contribution is 0.102. The second-order valence-electron chi connectivity index (χ2n) is 5.21. The molecule has 3 rings (SSSR count). The van der Waals surface area contributed by atoms with Gasteiger partial charge in [-0.05, 0) is 54.3 Å². The molecule has 3 N–H and O–H groups in total. The van der Waals surface area contributed by atoms with E-state index in [0.29, 0.717) is 11.3 Å². The lowest BCUT2D eigenvalue weighted by Crippen LogP contribution is -2.12. The van der Waals surface area contributed by atoms with E-state index in [0.717, 1.165) is 36.2 Å². The number of carbonyl (C=O) groups is 1. The molecule has 21 heavy (non-hydrogen) atoms. The molecule has 1 aliphatic heterocycles. The molecule has 2 aromatic carbocycles. The molecule has 0 unspecified atom stereocenters. The Labute approximate surface area is 123 Å². The van der Waals surface area contributed by atoms with Crippen LogP contribution >= 0.6 is 0 Å². The zero-order chi connectivity index (χ0) is 14.8. The van der Waals surface area contributed by atoms with Crippen LogP contribution in [0.5, 0.6) is 5.75 Å². The van der Waals surface area contributed by atoms with E-state index in [2.05, 4.69) is 10.6 Å². The van der Waals surface area contributed by atoms with Gasteiger partial charge in [0.05, 0.1) is 5.69 Å². The third-order valence-corrected chi connectivity index (χ3v) is 3.79. The van der Waals surface area contributed by atoms with Crippen LogP contribution in [0.4, 0.5) is 11.4 Å². The maximum Gasteiger partial charge on any atom is 0.255 e. The van der Waals surface area contributed by atoms with Crippen molar-refractivity contribution in [2.24, 2.45) is 0 Å². The van der Waals surface area contributed by atoms with E-state index in [-0.39, 0.29) is 11.7 Å². The Bertz CT molecular complexity index is 695. The first-order valence-electron chi connectivity index (χ1n) is 7.17. The van der Waals surface area contributed by atoms with Gasteiger partial charge >= 0.3 is 0 Å². The van der Waals surface area contributed by atoms with Crippen molar-refractivity contribution >= 4 is 17.3 Å². The first kappa shape index (κ1) is 13.5. The summed E-state index contributed by atoms with van der Waals surface area (Å²) < 4.78 is 0. The molecule has 0 fully saturated rings. The molecule has 1 heterocycles. The van der Waals surface area contributed by atoms with Gasteiger partial charge in [0.25, 0.3) is 5.91 Å². The zero-order valence-corrected chi connectivity index (χ0v) is 11.9. The molecule has 0 spiro atoms. The van der Waals surface area contributed by atoms with E-state index < -0.39 is 0 Å². The van der Waals surface area contributed by atoms with Gasteiger partial charge in [0.15, 0.2) is 0 Å². The van der Waals surface area contributed by atoms with E-state index in [4.69, 9.17) is 0 Å².